The molecule has 0 aliphatic heterocycles. The van der Waals surface area contributed by atoms with Crippen molar-refractivity contribution < 1.29 is 29.3 Å². The smallest absolute Gasteiger partial charge is 0.328 e. The van der Waals surface area contributed by atoms with Crippen LogP contribution in [-0.2, 0) is 4.79 Å². The standard InChI is InChI=1S/C10H10FNO5/c11-7-3-5(14)1-2-6(7)9(15)12-8(4-13)10(16)17/h1-3,8,13-14H,4H2,(H,12,15)(H,16,17)/t8-/m0/s1. The van der Waals surface area contributed by atoms with Crippen LogP contribution >= 0.6 is 0 Å². The van der Waals surface area contributed by atoms with Crippen molar-refractivity contribution >= 4 is 11.9 Å². The van der Waals surface area contributed by atoms with Crippen LogP contribution in [0.1, 0.15) is 10.4 Å². The van der Waals surface area contributed by atoms with Crippen molar-refractivity contribution in [3.05, 3.63) is 29.6 Å². The summed E-state index contributed by atoms with van der Waals surface area (Å²) in [4.78, 5) is 22.0. The highest BCUT2D eigenvalue weighted by Gasteiger charge is 2.21. The van der Waals surface area contributed by atoms with Gasteiger partial charge in [-0.25, -0.2) is 9.18 Å². The van der Waals surface area contributed by atoms with Gasteiger partial charge in [0.25, 0.3) is 5.91 Å². The van der Waals surface area contributed by atoms with E-state index in [0.717, 1.165) is 18.2 Å². The van der Waals surface area contributed by atoms with Gasteiger partial charge in [-0.3, -0.25) is 4.79 Å². The number of phenolic OH excluding ortho intramolecular Hbond substituents is 1. The van der Waals surface area contributed by atoms with Gasteiger partial charge in [0.1, 0.15) is 11.6 Å². The minimum Gasteiger partial charge on any atom is -0.508 e. The molecular weight excluding hydrogens is 233 g/mol. The van der Waals surface area contributed by atoms with Crippen molar-refractivity contribution in [2.75, 3.05) is 6.61 Å². The molecule has 1 aromatic rings. The highest BCUT2D eigenvalue weighted by molar-refractivity contribution is 5.96. The molecule has 0 saturated heterocycles. The minimum absolute atomic E-state index is 0.351. The van der Waals surface area contributed by atoms with Gasteiger partial charge in [-0.2, -0.15) is 0 Å². The topological polar surface area (TPSA) is 107 Å². The number of amides is 1. The Labute approximate surface area is 95.3 Å². The Hall–Kier alpha value is -2.15. The van der Waals surface area contributed by atoms with Gasteiger partial charge in [-0.05, 0) is 12.1 Å². The molecule has 4 N–H and O–H groups in total. The highest BCUT2D eigenvalue weighted by atomic mass is 19.1. The number of aliphatic hydroxyl groups is 1. The Morgan fingerprint density at radius 1 is 1.41 bits per heavy atom. The summed E-state index contributed by atoms with van der Waals surface area (Å²) in [6.07, 6.45) is 0. The second kappa shape index (κ2) is 5.26. The average Bonchev–Trinajstić information content (AvgIpc) is 2.24. The first kappa shape index (κ1) is 12.9. The largest absolute Gasteiger partial charge is 0.508 e. The zero-order valence-electron chi connectivity index (χ0n) is 8.55. The number of halogens is 1. The van der Waals surface area contributed by atoms with Gasteiger partial charge in [0.2, 0.25) is 0 Å². The molecular formula is C10H10FNO5. The lowest BCUT2D eigenvalue weighted by Gasteiger charge is -2.11. The van der Waals surface area contributed by atoms with Crippen LogP contribution < -0.4 is 5.32 Å². The fourth-order valence-electron chi connectivity index (χ4n) is 1.11. The summed E-state index contributed by atoms with van der Waals surface area (Å²) >= 11 is 0. The molecule has 1 amide bonds. The van der Waals surface area contributed by atoms with Crippen LogP contribution in [0.5, 0.6) is 5.75 Å². The van der Waals surface area contributed by atoms with Crippen LogP contribution in [0.15, 0.2) is 18.2 Å². The van der Waals surface area contributed by atoms with E-state index in [1.54, 1.807) is 0 Å². The Morgan fingerprint density at radius 3 is 2.53 bits per heavy atom. The Balaban J connectivity index is 2.86. The van der Waals surface area contributed by atoms with Gasteiger partial charge in [-0.1, -0.05) is 0 Å². The molecule has 0 fully saturated rings. The van der Waals surface area contributed by atoms with E-state index in [4.69, 9.17) is 15.3 Å². The quantitative estimate of drug-likeness (QED) is 0.581. The number of aromatic hydroxyl groups is 1. The van der Waals surface area contributed by atoms with Crippen LogP contribution in [-0.4, -0.2) is 39.8 Å². The number of nitrogens with one attached hydrogen (secondary N) is 1. The number of carboxylic acid groups (broad SMARTS) is 1. The lowest BCUT2D eigenvalue weighted by Crippen LogP contribution is -2.43. The fraction of sp³-hybridized carbons (Fsp3) is 0.200. The molecule has 1 rings (SSSR count). The van der Waals surface area contributed by atoms with Gasteiger partial charge >= 0.3 is 5.97 Å². The van der Waals surface area contributed by atoms with Crippen molar-refractivity contribution in [2.24, 2.45) is 0 Å². The summed E-state index contributed by atoms with van der Waals surface area (Å²) in [6, 6.07) is 1.32. The van der Waals surface area contributed by atoms with E-state index in [2.05, 4.69) is 0 Å². The first-order valence-corrected chi connectivity index (χ1v) is 4.58. The molecule has 0 spiro atoms. The number of aliphatic carboxylic acids is 1. The van der Waals surface area contributed by atoms with Crippen molar-refractivity contribution in [3.8, 4) is 5.75 Å². The van der Waals surface area contributed by atoms with Crippen molar-refractivity contribution in [3.63, 3.8) is 0 Å². The summed E-state index contributed by atoms with van der Waals surface area (Å²) in [5, 5.41) is 28.1. The van der Waals surface area contributed by atoms with Crippen LogP contribution in [0.2, 0.25) is 0 Å². The van der Waals surface area contributed by atoms with E-state index in [1.165, 1.54) is 0 Å². The Morgan fingerprint density at radius 2 is 2.06 bits per heavy atom. The number of hydrogen-bond acceptors (Lipinski definition) is 4. The zero-order valence-corrected chi connectivity index (χ0v) is 8.55. The highest BCUT2D eigenvalue weighted by Crippen LogP contribution is 2.14. The molecule has 0 heterocycles. The van der Waals surface area contributed by atoms with E-state index in [1.807, 2.05) is 5.32 Å². The molecule has 0 saturated carbocycles. The number of hydrogen-bond donors (Lipinski definition) is 4. The van der Waals surface area contributed by atoms with Crippen molar-refractivity contribution in [1.82, 2.24) is 5.32 Å². The number of carbonyl (C=O) groups is 2. The maximum absolute atomic E-state index is 13.2. The van der Waals surface area contributed by atoms with E-state index < -0.39 is 35.9 Å². The number of rotatable bonds is 4. The molecule has 6 nitrogen and oxygen atoms in total. The van der Waals surface area contributed by atoms with Gasteiger partial charge in [0.15, 0.2) is 6.04 Å². The molecule has 0 aliphatic rings. The maximum Gasteiger partial charge on any atom is 0.328 e. The molecule has 1 aromatic carbocycles. The second-order valence-electron chi connectivity index (χ2n) is 3.21. The molecule has 0 aromatic heterocycles. The molecule has 0 radical (unpaired) electrons. The first-order chi connectivity index (χ1) is 7.95. The molecule has 0 aliphatic carbocycles. The third kappa shape index (κ3) is 3.15. The number of carboxylic acids is 1. The van der Waals surface area contributed by atoms with E-state index in [-0.39, 0.29) is 5.75 Å². The molecule has 92 valence electrons. The summed E-state index contributed by atoms with van der Waals surface area (Å²) in [5.41, 5.74) is -0.414. The molecule has 7 heteroatoms. The van der Waals surface area contributed by atoms with Crippen LogP contribution in [0.4, 0.5) is 4.39 Å². The Bertz CT molecular complexity index is 448. The fourth-order valence-corrected chi connectivity index (χ4v) is 1.11. The zero-order chi connectivity index (χ0) is 13.0. The number of benzene rings is 1. The SMILES string of the molecule is O=C(N[C@@H](CO)C(=O)O)c1ccc(O)cc1F. The summed E-state index contributed by atoms with van der Waals surface area (Å²) in [6.45, 7) is -0.805. The molecule has 17 heavy (non-hydrogen) atoms. The van der Waals surface area contributed by atoms with E-state index in [9.17, 15) is 14.0 Å². The number of aliphatic hydroxyl groups excluding tert-OH is 1. The van der Waals surface area contributed by atoms with Crippen LogP contribution in [0.3, 0.4) is 0 Å². The predicted octanol–water partition coefficient (Wildman–Crippen LogP) is -0.293. The third-order valence-electron chi connectivity index (χ3n) is 1.98. The molecule has 1 atom stereocenters. The third-order valence-corrected chi connectivity index (χ3v) is 1.98. The van der Waals surface area contributed by atoms with Crippen molar-refractivity contribution in [1.29, 1.82) is 0 Å². The second-order valence-corrected chi connectivity index (χ2v) is 3.21. The van der Waals surface area contributed by atoms with Crippen molar-refractivity contribution in [2.45, 2.75) is 6.04 Å². The maximum atomic E-state index is 13.2. The molecule has 0 unspecified atom stereocenters. The summed E-state index contributed by atoms with van der Waals surface area (Å²) in [5.74, 6) is -3.75. The summed E-state index contributed by atoms with van der Waals surface area (Å²) in [7, 11) is 0. The average molecular weight is 243 g/mol. The van der Waals surface area contributed by atoms with Gasteiger partial charge in [0, 0.05) is 6.07 Å². The monoisotopic (exact) mass is 243 g/mol. The lowest BCUT2D eigenvalue weighted by molar-refractivity contribution is -0.140. The first-order valence-electron chi connectivity index (χ1n) is 4.58. The van der Waals surface area contributed by atoms with Crippen LogP contribution in [0.25, 0.3) is 0 Å². The van der Waals surface area contributed by atoms with E-state index >= 15 is 0 Å². The summed E-state index contributed by atoms with van der Waals surface area (Å²) < 4.78 is 13.2. The normalized spacial score (nSPS) is 11.9. The van der Waals surface area contributed by atoms with Gasteiger partial charge < -0.3 is 20.6 Å². The Kier molecular flexibility index (Phi) is 4.00. The van der Waals surface area contributed by atoms with E-state index in [0.29, 0.717) is 0 Å². The minimum atomic E-state index is -1.50. The number of carbonyl (C=O) groups excluding carboxylic acids is 1. The number of phenols is 1. The van der Waals surface area contributed by atoms with Gasteiger partial charge in [0.05, 0.1) is 12.2 Å². The van der Waals surface area contributed by atoms with Gasteiger partial charge in [-0.15, -0.1) is 0 Å². The predicted molar refractivity (Wildman–Crippen MR) is 54.0 cm³/mol. The van der Waals surface area contributed by atoms with Crippen LogP contribution in [0, 0.1) is 5.82 Å². The molecule has 0 bridgehead atoms. The lowest BCUT2D eigenvalue weighted by atomic mass is 10.1.